The SMILES string of the molecule is CCNC1CC2(CCCC(C)C2)Oc2ccc(C)cc21. The lowest BCUT2D eigenvalue weighted by molar-refractivity contribution is -0.0179. The summed E-state index contributed by atoms with van der Waals surface area (Å²) in [6.07, 6.45) is 6.22. The van der Waals surface area contributed by atoms with Crippen LogP contribution in [0, 0.1) is 12.8 Å². The summed E-state index contributed by atoms with van der Waals surface area (Å²) in [4.78, 5) is 0. The Balaban J connectivity index is 1.94. The standard InChI is InChI=1S/C18H27NO/c1-4-19-16-12-18(9-5-6-14(3)11-18)20-17-8-7-13(2)10-15(16)17/h7-8,10,14,16,19H,4-6,9,11-12H2,1-3H3. The molecule has 3 unspecified atom stereocenters. The van der Waals surface area contributed by atoms with Crippen LogP contribution in [0.1, 0.15) is 63.1 Å². The molecule has 3 atom stereocenters. The van der Waals surface area contributed by atoms with Crippen molar-refractivity contribution in [1.82, 2.24) is 5.32 Å². The molecular formula is C18H27NO. The van der Waals surface area contributed by atoms with Crippen molar-refractivity contribution >= 4 is 0 Å². The van der Waals surface area contributed by atoms with Crippen molar-refractivity contribution in [2.24, 2.45) is 5.92 Å². The first kappa shape index (κ1) is 13.9. The minimum Gasteiger partial charge on any atom is -0.487 e. The lowest BCUT2D eigenvalue weighted by Gasteiger charge is -2.46. The summed E-state index contributed by atoms with van der Waals surface area (Å²) in [6, 6.07) is 7.10. The molecule has 2 heteroatoms. The molecule has 20 heavy (non-hydrogen) atoms. The fourth-order valence-corrected chi connectivity index (χ4v) is 4.11. The lowest BCUT2D eigenvalue weighted by atomic mass is 9.73. The van der Waals surface area contributed by atoms with Gasteiger partial charge in [0.15, 0.2) is 0 Å². The molecule has 0 saturated heterocycles. The summed E-state index contributed by atoms with van der Waals surface area (Å²) in [5.74, 6) is 1.90. The zero-order valence-corrected chi connectivity index (χ0v) is 13.0. The number of benzene rings is 1. The molecule has 1 heterocycles. The highest BCUT2D eigenvalue weighted by Gasteiger charge is 2.43. The molecule has 1 N–H and O–H groups in total. The Kier molecular flexibility index (Phi) is 3.76. The normalized spacial score (nSPS) is 32.8. The molecule has 1 aliphatic heterocycles. The molecule has 0 radical (unpaired) electrons. The molecule has 0 amide bonds. The zero-order chi connectivity index (χ0) is 14.2. The molecule has 110 valence electrons. The summed E-state index contributed by atoms with van der Waals surface area (Å²) in [5.41, 5.74) is 2.76. The third kappa shape index (κ3) is 2.58. The average molecular weight is 273 g/mol. The second-order valence-electron chi connectivity index (χ2n) is 6.84. The highest BCUT2D eigenvalue weighted by molar-refractivity contribution is 5.41. The number of aryl methyl sites for hydroxylation is 1. The lowest BCUT2D eigenvalue weighted by Crippen LogP contribution is -2.47. The van der Waals surface area contributed by atoms with E-state index >= 15 is 0 Å². The van der Waals surface area contributed by atoms with Gasteiger partial charge in [-0.1, -0.05) is 38.0 Å². The Labute approximate surface area is 122 Å². The highest BCUT2D eigenvalue weighted by Crippen LogP contribution is 2.47. The molecule has 1 aromatic rings. The van der Waals surface area contributed by atoms with Gasteiger partial charge in [0.25, 0.3) is 0 Å². The van der Waals surface area contributed by atoms with Crippen molar-refractivity contribution in [3.63, 3.8) is 0 Å². The maximum absolute atomic E-state index is 6.52. The van der Waals surface area contributed by atoms with Gasteiger partial charge in [-0.25, -0.2) is 0 Å². The maximum Gasteiger partial charge on any atom is 0.124 e. The van der Waals surface area contributed by atoms with E-state index in [1.807, 2.05) is 0 Å². The first-order valence-corrected chi connectivity index (χ1v) is 8.15. The zero-order valence-electron chi connectivity index (χ0n) is 13.0. The molecule has 1 fully saturated rings. The summed E-state index contributed by atoms with van der Waals surface area (Å²) >= 11 is 0. The number of fused-ring (bicyclic) bond motifs is 1. The van der Waals surface area contributed by atoms with E-state index in [0.29, 0.717) is 6.04 Å². The average Bonchev–Trinajstić information content (AvgIpc) is 2.40. The number of rotatable bonds is 2. The van der Waals surface area contributed by atoms with Crippen LogP contribution in [0.5, 0.6) is 5.75 Å². The fourth-order valence-electron chi connectivity index (χ4n) is 4.11. The summed E-state index contributed by atoms with van der Waals surface area (Å²) in [5, 5.41) is 3.67. The Morgan fingerprint density at radius 1 is 1.35 bits per heavy atom. The third-order valence-corrected chi connectivity index (χ3v) is 4.94. The first-order valence-electron chi connectivity index (χ1n) is 8.15. The molecule has 1 aromatic carbocycles. The smallest absolute Gasteiger partial charge is 0.124 e. The summed E-state index contributed by atoms with van der Waals surface area (Å²) in [7, 11) is 0. The van der Waals surface area contributed by atoms with Gasteiger partial charge in [-0.2, -0.15) is 0 Å². The van der Waals surface area contributed by atoms with E-state index in [-0.39, 0.29) is 5.60 Å². The van der Waals surface area contributed by atoms with Gasteiger partial charge >= 0.3 is 0 Å². The fraction of sp³-hybridized carbons (Fsp3) is 0.667. The highest BCUT2D eigenvalue weighted by atomic mass is 16.5. The summed E-state index contributed by atoms with van der Waals surface area (Å²) < 4.78 is 6.52. The van der Waals surface area contributed by atoms with Crippen LogP contribution in [0.15, 0.2) is 18.2 Å². The van der Waals surface area contributed by atoms with Gasteiger partial charge in [-0.3, -0.25) is 0 Å². The van der Waals surface area contributed by atoms with Crippen LogP contribution in [0.2, 0.25) is 0 Å². The van der Waals surface area contributed by atoms with Crippen molar-refractivity contribution in [3.05, 3.63) is 29.3 Å². The van der Waals surface area contributed by atoms with Crippen molar-refractivity contribution in [3.8, 4) is 5.75 Å². The third-order valence-electron chi connectivity index (χ3n) is 4.94. The largest absolute Gasteiger partial charge is 0.487 e. The predicted molar refractivity (Wildman–Crippen MR) is 83.2 cm³/mol. The number of nitrogens with one attached hydrogen (secondary N) is 1. The molecule has 2 aliphatic rings. The van der Waals surface area contributed by atoms with E-state index in [0.717, 1.165) is 24.6 Å². The molecule has 0 bridgehead atoms. The van der Waals surface area contributed by atoms with Crippen LogP contribution in [0.4, 0.5) is 0 Å². The van der Waals surface area contributed by atoms with E-state index in [9.17, 15) is 0 Å². The molecule has 3 rings (SSSR count). The van der Waals surface area contributed by atoms with Gasteiger partial charge in [0.05, 0.1) is 0 Å². The second kappa shape index (κ2) is 5.40. The van der Waals surface area contributed by atoms with E-state index < -0.39 is 0 Å². The molecule has 1 aliphatic carbocycles. The molecule has 1 spiro atoms. The van der Waals surface area contributed by atoms with E-state index in [4.69, 9.17) is 4.74 Å². The Morgan fingerprint density at radius 3 is 2.95 bits per heavy atom. The Morgan fingerprint density at radius 2 is 2.20 bits per heavy atom. The van der Waals surface area contributed by atoms with Crippen LogP contribution in [0.25, 0.3) is 0 Å². The van der Waals surface area contributed by atoms with Crippen LogP contribution in [-0.4, -0.2) is 12.1 Å². The maximum atomic E-state index is 6.52. The minimum absolute atomic E-state index is 0.0762. The topological polar surface area (TPSA) is 21.3 Å². The Bertz CT molecular complexity index is 484. The van der Waals surface area contributed by atoms with Crippen molar-refractivity contribution in [2.45, 2.75) is 64.5 Å². The quantitative estimate of drug-likeness (QED) is 0.863. The van der Waals surface area contributed by atoms with Gasteiger partial charge in [0.1, 0.15) is 11.4 Å². The van der Waals surface area contributed by atoms with Crippen molar-refractivity contribution < 1.29 is 4.74 Å². The van der Waals surface area contributed by atoms with Crippen LogP contribution in [-0.2, 0) is 0 Å². The van der Waals surface area contributed by atoms with Crippen LogP contribution >= 0.6 is 0 Å². The molecular weight excluding hydrogens is 246 g/mol. The number of hydrogen-bond acceptors (Lipinski definition) is 2. The van der Waals surface area contributed by atoms with Gasteiger partial charge in [-0.05, 0) is 44.7 Å². The molecule has 0 aromatic heterocycles. The van der Waals surface area contributed by atoms with Crippen LogP contribution in [0.3, 0.4) is 0 Å². The van der Waals surface area contributed by atoms with E-state index in [1.165, 1.54) is 36.8 Å². The summed E-state index contributed by atoms with van der Waals surface area (Å²) in [6.45, 7) is 7.75. The van der Waals surface area contributed by atoms with E-state index in [1.54, 1.807) is 0 Å². The second-order valence-corrected chi connectivity index (χ2v) is 6.84. The van der Waals surface area contributed by atoms with Crippen LogP contribution < -0.4 is 10.1 Å². The van der Waals surface area contributed by atoms with Crippen molar-refractivity contribution in [2.75, 3.05) is 6.54 Å². The van der Waals surface area contributed by atoms with Gasteiger partial charge < -0.3 is 10.1 Å². The Hall–Kier alpha value is -1.02. The first-order chi connectivity index (χ1) is 9.62. The molecule has 2 nitrogen and oxygen atoms in total. The minimum atomic E-state index is 0.0762. The number of ether oxygens (including phenoxy) is 1. The van der Waals surface area contributed by atoms with Gasteiger partial charge in [-0.15, -0.1) is 0 Å². The van der Waals surface area contributed by atoms with Crippen molar-refractivity contribution in [1.29, 1.82) is 0 Å². The molecule has 1 saturated carbocycles. The predicted octanol–water partition coefficient (Wildman–Crippen LogP) is 4.38. The van der Waals surface area contributed by atoms with E-state index in [2.05, 4.69) is 44.3 Å². The van der Waals surface area contributed by atoms with Gasteiger partial charge in [0, 0.05) is 18.0 Å². The number of hydrogen-bond donors (Lipinski definition) is 1. The monoisotopic (exact) mass is 273 g/mol. The van der Waals surface area contributed by atoms with Gasteiger partial charge in [0.2, 0.25) is 0 Å².